The van der Waals surface area contributed by atoms with Crippen molar-refractivity contribution in [1.82, 2.24) is 29.7 Å². The number of ether oxygens (including phenoxy) is 3. The lowest BCUT2D eigenvalue weighted by molar-refractivity contribution is -0.0878. The molecule has 0 aliphatic rings. The summed E-state index contributed by atoms with van der Waals surface area (Å²) in [5, 5.41) is 7.06. The summed E-state index contributed by atoms with van der Waals surface area (Å²) in [7, 11) is 5.73. The highest BCUT2D eigenvalue weighted by Crippen LogP contribution is 2.33. The minimum atomic E-state index is -4.61. The highest BCUT2D eigenvalue weighted by molar-refractivity contribution is 5.94. The molecule has 0 spiro atoms. The number of allylic oxidation sites excluding steroid dienone is 2. The topological polar surface area (TPSA) is 129 Å². The summed E-state index contributed by atoms with van der Waals surface area (Å²) in [6.07, 6.45) is 2.90. The van der Waals surface area contributed by atoms with Crippen LogP contribution in [0.2, 0.25) is 0 Å². The predicted octanol–water partition coefficient (Wildman–Crippen LogP) is 4.74. The van der Waals surface area contributed by atoms with Crippen LogP contribution in [0.5, 0.6) is 11.5 Å². The number of halogens is 3. The van der Waals surface area contributed by atoms with Crippen molar-refractivity contribution in [2.24, 2.45) is 0 Å². The van der Waals surface area contributed by atoms with Gasteiger partial charge in [0.25, 0.3) is 0 Å². The average Bonchev–Trinajstić information content (AvgIpc) is 3.53. The first-order valence-electron chi connectivity index (χ1n) is 12.0. The van der Waals surface area contributed by atoms with Gasteiger partial charge in [0.05, 0.1) is 21.3 Å². The van der Waals surface area contributed by atoms with Gasteiger partial charge in [0.1, 0.15) is 35.5 Å². The van der Waals surface area contributed by atoms with E-state index in [1.54, 1.807) is 18.2 Å². The summed E-state index contributed by atoms with van der Waals surface area (Å²) in [4.78, 5) is 31.2. The van der Waals surface area contributed by atoms with E-state index in [1.807, 2.05) is 0 Å². The summed E-state index contributed by atoms with van der Waals surface area (Å²) in [6.45, 7) is 3.07. The van der Waals surface area contributed by atoms with Crippen LogP contribution in [0.1, 0.15) is 10.4 Å². The third-order valence-electron chi connectivity index (χ3n) is 5.79. The van der Waals surface area contributed by atoms with Crippen LogP contribution in [0.15, 0.2) is 73.7 Å². The highest BCUT2D eigenvalue weighted by atomic mass is 19.4. The van der Waals surface area contributed by atoms with Crippen molar-refractivity contribution in [3.63, 3.8) is 0 Å². The Morgan fingerprint density at radius 2 is 1.79 bits per heavy atom. The van der Waals surface area contributed by atoms with Gasteiger partial charge in [-0.2, -0.15) is 23.3 Å². The molecule has 1 N–H and O–H groups in total. The third kappa shape index (κ3) is 6.63. The number of anilines is 3. The van der Waals surface area contributed by atoms with Gasteiger partial charge >= 0.3 is 12.1 Å². The number of carbonyl (C=O) groups is 1. The largest absolute Gasteiger partial charge is 0.497 e. The summed E-state index contributed by atoms with van der Waals surface area (Å²) < 4.78 is 56.1. The molecule has 0 amide bonds. The minimum absolute atomic E-state index is 0.0563. The molecule has 0 saturated carbocycles. The Morgan fingerprint density at radius 3 is 2.38 bits per heavy atom. The van der Waals surface area contributed by atoms with Crippen LogP contribution in [0.25, 0.3) is 16.9 Å². The first-order valence-corrected chi connectivity index (χ1v) is 12.0. The average molecular weight is 583 g/mol. The summed E-state index contributed by atoms with van der Waals surface area (Å²) in [5.41, 5.74) is 0.245. The van der Waals surface area contributed by atoms with Gasteiger partial charge in [0, 0.05) is 66.2 Å². The third-order valence-corrected chi connectivity index (χ3v) is 5.79. The molecule has 42 heavy (non-hydrogen) atoms. The number of rotatable bonds is 10. The number of nitrogens with one attached hydrogen (secondary N) is 1. The summed E-state index contributed by atoms with van der Waals surface area (Å²) >= 11 is 0. The quantitative estimate of drug-likeness (QED) is 0.206. The second-order valence-electron chi connectivity index (χ2n) is 8.53. The summed E-state index contributed by atoms with van der Waals surface area (Å²) in [6, 6.07) is 6.55. The molecule has 0 fully saturated rings. The molecule has 4 aromatic rings. The molecule has 218 valence electrons. The summed E-state index contributed by atoms with van der Waals surface area (Å²) in [5.74, 6) is 0.767. The SMILES string of the molecule is C=C(/C=C\N(C)c1nc(Nc2cc(OC)cc(OC)c2)ncc1-c1cnc(-n2cncn2)c(C(=O)OC)c1)C(F)(F)F. The monoisotopic (exact) mass is 582 g/mol. The molecule has 15 heteroatoms. The Labute approximate surface area is 238 Å². The molecule has 0 atom stereocenters. The Bertz CT molecular complexity index is 1600. The number of hydrogen-bond donors (Lipinski definition) is 1. The smallest absolute Gasteiger partial charge is 0.415 e. The molecule has 0 bridgehead atoms. The normalized spacial score (nSPS) is 11.3. The maximum atomic E-state index is 13.1. The fourth-order valence-electron chi connectivity index (χ4n) is 3.65. The molecule has 1 aromatic carbocycles. The molecule has 12 nitrogen and oxygen atoms in total. The van der Waals surface area contributed by atoms with Gasteiger partial charge in [0.15, 0.2) is 5.82 Å². The van der Waals surface area contributed by atoms with Crippen LogP contribution in [-0.4, -0.2) is 70.2 Å². The lowest BCUT2D eigenvalue weighted by atomic mass is 10.1. The number of esters is 1. The first-order chi connectivity index (χ1) is 20.0. The van der Waals surface area contributed by atoms with E-state index in [-0.39, 0.29) is 23.1 Å². The molecule has 0 aliphatic heterocycles. The lowest BCUT2D eigenvalue weighted by Crippen LogP contribution is -2.15. The number of carbonyl (C=O) groups excluding carboxylic acids is 1. The van der Waals surface area contributed by atoms with E-state index in [1.165, 1.54) is 75.3 Å². The number of hydrogen-bond acceptors (Lipinski definition) is 11. The fraction of sp³-hybridized carbons (Fsp3) is 0.185. The van der Waals surface area contributed by atoms with Crippen molar-refractivity contribution >= 4 is 23.4 Å². The lowest BCUT2D eigenvalue weighted by Gasteiger charge is -2.19. The molecule has 3 heterocycles. The van der Waals surface area contributed by atoms with Crippen LogP contribution in [-0.2, 0) is 4.74 Å². The van der Waals surface area contributed by atoms with Gasteiger partial charge in [-0.15, -0.1) is 0 Å². The van der Waals surface area contributed by atoms with Crippen LogP contribution in [0, 0.1) is 0 Å². The van der Waals surface area contributed by atoms with E-state index < -0.39 is 17.7 Å². The second-order valence-corrected chi connectivity index (χ2v) is 8.53. The molecule has 0 unspecified atom stereocenters. The standard InChI is InChI=1S/C27H25F3N8O4/c1-16(27(28,29)30)6-7-37(2)24-22(13-33-26(36-24)35-18-9-19(40-3)11-20(10-18)41-4)17-8-21(25(39)42-5)23(32-12-17)38-15-31-14-34-38/h6-15H,1H2,2-5H3,(H,33,35,36)/b7-6-. The number of aromatic nitrogens is 6. The maximum absolute atomic E-state index is 13.1. The van der Waals surface area contributed by atoms with E-state index in [2.05, 4.69) is 36.9 Å². The maximum Gasteiger partial charge on any atom is 0.415 e. The Hall–Kier alpha value is -5.47. The van der Waals surface area contributed by atoms with E-state index in [0.717, 1.165) is 6.08 Å². The molecule has 0 saturated heterocycles. The molecular weight excluding hydrogens is 557 g/mol. The molecular formula is C27H25F3N8O4. The van der Waals surface area contributed by atoms with Crippen LogP contribution in [0.4, 0.5) is 30.6 Å². The van der Waals surface area contributed by atoms with Crippen LogP contribution in [0.3, 0.4) is 0 Å². The number of pyridine rings is 1. The van der Waals surface area contributed by atoms with E-state index in [4.69, 9.17) is 14.2 Å². The zero-order valence-electron chi connectivity index (χ0n) is 22.9. The molecule has 4 rings (SSSR count). The minimum Gasteiger partial charge on any atom is -0.497 e. The number of alkyl halides is 3. The van der Waals surface area contributed by atoms with Crippen molar-refractivity contribution in [2.75, 3.05) is 38.6 Å². The van der Waals surface area contributed by atoms with Gasteiger partial charge in [-0.05, 0) is 12.1 Å². The first kappa shape index (κ1) is 29.5. The van der Waals surface area contributed by atoms with Gasteiger partial charge in [0.2, 0.25) is 5.95 Å². The van der Waals surface area contributed by atoms with Crippen molar-refractivity contribution in [2.45, 2.75) is 6.18 Å². The molecule has 0 radical (unpaired) electrons. The Kier molecular flexibility index (Phi) is 8.69. The van der Waals surface area contributed by atoms with E-state index in [9.17, 15) is 18.0 Å². The fourth-order valence-corrected chi connectivity index (χ4v) is 3.65. The molecule has 0 aliphatic carbocycles. The number of nitrogens with zero attached hydrogens (tertiary/aromatic N) is 7. The van der Waals surface area contributed by atoms with Crippen molar-refractivity contribution in [3.8, 4) is 28.4 Å². The number of methoxy groups -OCH3 is 3. The Morgan fingerprint density at radius 1 is 1.07 bits per heavy atom. The van der Waals surface area contributed by atoms with Gasteiger partial charge in [-0.25, -0.2) is 24.4 Å². The van der Waals surface area contributed by atoms with Crippen LogP contribution < -0.4 is 19.7 Å². The van der Waals surface area contributed by atoms with Crippen molar-refractivity contribution in [3.05, 3.63) is 79.3 Å². The van der Waals surface area contributed by atoms with Crippen molar-refractivity contribution < 1.29 is 32.2 Å². The van der Waals surface area contributed by atoms with Gasteiger partial charge in [-0.3, -0.25) is 0 Å². The van der Waals surface area contributed by atoms with Crippen molar-refractivity contribution in [1.29, 1.82) is 0 Å². The second kappa shape index (κ2) is 12.4. The zero-order valence-corrected chi connectivity index (χ0v) is 22.9. The van der Waals surface area contributed by atoms with E-state index >= 15 is 0 Å². The highest BCUT2D eigenvalue weighted by Gasteiger charge is 2.30. The molecule has 3 aromatic heterocycles. The van der Waals surface area contributed by atoms with Gasteiger partial charge < -0.3 is 24.4 Å². The zero-order chi connectivity index (χ0) is 30.4. The predicted molar refractivity (Wildman–Crippen MR) is 147 cm³/mol. The van der Waals surface area contributed by atoms with Crippen LogP contribution >= 0.6 is 0 Å². The van der Waals surface area contributed by atoms with E-state index in [0.29, 0.717) is 28.3 Å². The number of benzene rings is 1. The Balaban J connectivity index is 1.82. The van der Waals surface area contributed by atoms with Gasteiger partial charge in [-0.1, -0.05) is 6.58 Å².